The van der Waals surface area contributed by atoms with Gasteiger partial charge in [0, 0.05) is 56.4 Å². The van der Waals surface area contributed by atoms with Gasteiger partial charge in [0.05, 0.1) is 6.54 Å². The predicted molar refractivity (Wildman–Crippen MR) is 130 cm³/mol. The van der Waals surface area contributed by atoms with Gasteiger partial charge in [0.15, 0.2) is 0 Å². The summed E-state index contributed by atoms with van der Waals surface area (Å²) in [4.78, 5) is 39.0. The minimum absolute atomic E-state index is 0.301. The van der Waals surface area contributed by atoms with Crippen molar-refractivity contribution in [2.45, 2.75) is 20.0 Å². The zero-order valence-corrected chi connectivity index (χ0v) is 19.2. The fraction of sp³-hybridized carbons (Fsp3) is 0.269. The predicted octanol–water partition coefficient (Wildman–Crippen LogP) is 3.28. The highest BCUT2D eigenvalue weighted by Crippen LogP contribution is 2.20. The van der Waals surface area contributed by atoms with Gasteiger partial charge in [-0.05, 0) is 41.8 Å². The molecule has 2 heterocycles. The molecule has 0 spiro atoms. The van der Waals surface area contributed by atoms with Crippen LogP contribution in [0.25, 0.3) is 0 Å². The van der Waals surface area contributed by atoms with Crippen molar-refractivity contribution in [3.8, 4) is 0 Å². The molecule has 2 amide bonds. The number of aromatic nitrogens is 1. The summed E-state index contributed by atoms with van der Waals surface area (Å²) in [6.07, 6.45) is 2.74. The maximum atomic E-state index is 12.9. The first-order chi connectivity index (χ1) is 16.6. The maximum absolute atomic E-state index is 12.9. The molecule has 0 unspecified atom stereocenters. The Hall–Kier alpha value is -3.91. The van der Waals surface area contributed by atoms with E-state index in [0.717, 1.165) is 48.6 Å². The van der Waals surface area contributed by atoms with Crippen LogP contribution in [0.4, 0.5) is 10.5 Å². The number of anilines is 1. The summed E-state index contributed by atoms with van der Waals surface area (Å²) >= 11 is 0. The Labute approximate surface area is 199 Å². The highest BCUT2D eigenvalue weighted by Gasteiger charge is 2.20. The van der Waals surface area contributed by atoms with Crippen molar-refractivity contribution in [2.75, 3.05) is 31.1 Å². The molecule has 0 aliphatic carbocycles. The molecule has 0 atom stereocenters. The molecule has 0 bridgehead atoms. The van der Waals surface area contributed by atoms with Gasteiger partial charge in [0.25, 0.3) is 5.91 Å². The van der Waals surface area contributed by atoms with Crippen LogP contribution in [-0.2, 0) is 17.9 Å². The summed E-state index contributed by atoms with van der Waals surface area (Å²) in [7, 11) is 0. The molecule has 4 rings (SSSR count). The first-order valence-corrected chi connectivity index (χ1v) is 11.4. The lowest BCUT2D eigenvalue weighted by Gasteiger charge is -2.30. The molecule has 1 aromatic heterocycles. The van der Waals surface area contributed by atoms with Crippen molar-refractivity contribution >= 4 is 17.7 Å². The van der Waals surface area contributed by atoms with E-state index in [1.807, 2.05) is 67.6 Å². The summed E-state index contributed by atoms with van der Waals surface area (Å²) in [5.74, 6) is -0.455. The Bertz CT molecular complexity index is 1060. The van der Waals surface area contributed by atoms with Crippen LogP contribution in [0.2, 0.25) is 0 Å². The zero-order valence-electron chi connectivity index (χ0n) is 19.2. The molecule has 0 saturated carbocycles. The lowest BCUT2D eigenvalue weighted by Crippen LogP contribution is -2.43. The van der Waals surface area contributed by atoms with E-state index in [2.05, 4.69) is 20.7 Å². The Kier molecular flexibility index (Phi) is 7.72. The van der Waals surface area contributed by atoms with Crippen molar-refractivity contribution in [3.05, 3.63) is 95.3 Å². The van der Waals surface area contributed by atoms with Crippen molar-refractivity contribution in [1.29, 1.82) is 0 Å². The van der Waals surface area contributed by atoms with E-state index in [1.54, 1.807) is 12.4 Å². The van der Waals surface area contributed by atoms with E-state index < -0.39 is 12.0 Å². The van der Waals surface area contributed by atoms with Crippen molar-refractivity contribution in [2.24, 2.45) is 0 Å². The molecule has 34 heavy (non-hydrogen) atoms. The second kappa shape index (κ2) is 11.3. The molecule has 8 nitrogen and oxygen atoms in total. The van der Waals surface area contributed by atoms with Gasteiger partial charge in [0.1, 0.15) is 0 Å². The first-order valence-electron chi connectivity index (χ1n) is 11.4. The number of benzene rings is 2. The van der Waals surface area contributed by atoms with Gasteiger partial charge in [-0.25, -0.2) is 4.79 Å². The van der Waals surface area contributed by atoms with E-state index in [4.69, 9.17) is 4.84 Å². The Balaban J connectivity index is 1.43. The number of nitrogens with one attached hydrogen (secondary N) is 2. The van der Waals surface area contributed by atoms with Gasteiger partial charge in [-0.15, -0.1) is 0 Å². The molecule has 8 heteroatoms. The monoisotopic (exact) mass is 459 g/mol. The third kappa shape index (κ3) is 6.11. The maximum Gasteiger partial charge on any atom is 0.434 e. The van der Waals surface area contributed by atoms with Crippen LogP contribution in [0.15, 0.2) is 73.1 Å². The van der Waals surface area contributed by atoms with Crippen LogP contribution in [0.5, 0.6) is 0 Å². The van der Waals surface area contributed by atoms with Gasteiger partial charge >= 0.3 is 6.09 Å². The van der Waals surface area contributed by atoms with Crippen LogP contribution in [-0.4, -0.2) is 48.1 Å². The number of carbonyl (C=O) groups excluding carboxylic acids is 2. The largest absolute Gasteiger partial charge is 0.434 e. The van der Waals surface area contributed by atoms with Gasteiger partial charge < -0.3 is 15.1 Å². The number of amides is 2. The number of hydrogen-bond donors (Lipinski definition) is 2. The summed E-state index contributed by atoms with van der Waals surface area (Å²) < 4.78 is 0. The minimum Gasteiger partial charge on any atom is -0.369 e. The number of rotatable bonds is 6. The second-order valence-electron chi connectivity index (χ2n) is 8.24. The SMILES string of the molecule is Cc1ccc(N2CCNCC2)cc1C(=O)NOC(=O)N(Cc1ccccc1)Cc1cccnc1. The molecule has 2 aromatic carbocycles. The number of hydroxylamine groups is 1. The van der Waals surface area contributed by atoms with Gasteiger partial charge in [-0.1, -0.05) is 42.5 Å². The fourth-order valence-electron chi connectivity index (χ4n) is 3.88. The first kappa shape index (κ1) is 23.3. The second-order valence-corrected chi connectivity index (χ2v) is 8.24. The number of nitrogens with zero attached hydrogens (tertiary/aromatic N) is 3. The van der Waals surface area contributed by atoms with Crippen LogP contribution in [0.3, 0.4) is 0 Å². The van der Waals surface area contributed by atoms with Crippen LogP contribution in [0.1, 0.15) is 27.0 Å². The molecule has 2 N–H and O–H groups in total. The third-order valence-corrected chi connectivity index (χ3v) is 5.75. The molecule has 1 saturated heterocycles. The summed E-state index contributed by atoms with van der Waals surface area (Å²) in [6.45, 7) is 6.06. The molecule has 3 aromatic rings. The highest BCUT2D eigenvalue weighted by atomic mass is 16.7. The molecule has 176 valence electrons. The van der Waals surface area contributed by atoms with Crippen molar-refractivity contribution in [3.63, 3.8) is 0 Å². The molecular formula is C26H29N5O3. The van der Waals surface area contributed by atoms with Gasteiger partial charge in [-0.3, -0.25) is 14.7 Å². The lowest BCUT2D eigenvalue weighted by atomic mass is 10.1. The van der Waals surface area contributed by atoms with Crippen molar-refractivity contribution < 1.29 is 14.4 Å². The van der Waals surface area contributed by atoms with E-state index in [0.29, 0.717) is 18.7 Å². The highest BCUT2D eigenvalue weighted by molar-refractivity contribution is 5.96. The Morgan fingerprint density at radius 2 is 1.76 bits per heavy atom. The topological polar surface area (TPSA) is 86.8 Å². The normalized spacial score (nSPS) is 13.3. The van der Waals surface area contributed by atoms with Gasteiger partial charge in [-0.2, -0.15) is 5.48 Å². The number of hydrogen-bond acceptors (Lipinski definition) is 6. The number of aryl methyl sites for hydroxylation is 1. The number of carbonyl (C=O) groups is 2. The van der Waals surface area contributed by atoms with Crippen LogP contribution < -0.4 is 15.7 Å². The van der Waals surface area contributed by atoms with E-state index >= 15 is 0 Å². The molecule has 0 radical (unpaired) electrons. The molecular weight excluding hydrogens is 430 g/mol. The summed E-state index contributed by atoms with van der Waals surface area (Å²) in [6, 6.07) is 19.1. The quantitative estimate of drug-likeness (QED) is 0.550. The Morgan fingerprint density at radius 3 is 2.50 bits per heavy atom. The molecule has 1 aliphatic heterocycles. The molecule has 1 aliphatic rings. The summed E-state index contributed by atoms with van der Waals surface area (Å²) in [5.41, 5.74) is 6.42. The smallest absolute Gasteiger partial charge is 0.369 e. The van der Waals surface area contributed by atoms with E-state index in [-0.39, 0.29) is 0 Å². The van der Waals surface area contributed by atoms with Crippen molar-refractivity contribution in [1.82, 2.24) is 20.7 Å². The fourth-order valence-corrected chi connectivity index (χ4v) is 3.88. The Morgan fingerprint density at radius 1 is 1.03 bits per heavy atom. The van der Waals surface area contributed by atoms with E-state index in [9.17, 15) is 9.59 Å². The standard InChI is InChI=1S/C26H29N5O3/c1-20-9-10-23(30-14-12-27-13-15-30)16-24(20)25(32)29-34-26(33)31(18-21-6-3-2-4-7-21)19-22-8-5-11-28-17-22/h2-11,16-17,27H,12-15,18-19H2,1H3,(H,29,32). The average Bonchev–Trinajstić information content (AvgIpc) is 2.88. The molecule has 1 fully saturated rings. The summed E-state index contributed by atoms with van der Waals surface area (Å²) in [5, 5.41) is 3.32. The zero-order chi connectivity index (χ0) is 23.8. The number of pyridine rings is 1. The van der Waals surface area contributed by atoms with Crippen LogP contribution >= 0.6 is 0 Å². The van der Waals surface area contributed by atoms with Gasteiger partial charge in [0.2, 0.25) is 0 Å². The van der Waals surface area contributed by atoms with E-state index in [1.165, 1.54) is 4.90 Å². The third-order valence-electron chi connectivity index (χ3n) is 5.75. The van der Waals surface area contributed by atoms with Crippen LogP contribution in [0, 0.1) is 6.92 Å². The average molecular weight is 460 g/mol. The number of piperazine rings is 1. The lowest BCUT2D eigenvalue weighted by molar-refractivity contribution is 0.0396. The minimum atomic E-state index is -0.642.